The first-order valence-corrected chi connectivity index (χ1v) is 3.84. The molecule has 2 bridgehead atoms. The molecule has 10 heavy (non-hydrogen) atoms. The summed E-state index contributed by atoms with van der Waals surface area (Å²) in [5.74, 6) is 0.630. The summed E-state index contributed by atoms with van der Waals surface area (Å²) in [6.45, 7) is 0.443. The Kier molecular flexibility index (Phi) is 1.44. The summed E-state index contributed by atoms with van der Waals surface area (Å²) < 4.78 is 0. The number of nitrogens with one attached hydrogen (secondary N) is 1. The Morgan fingerprint density at radius 3 is 1.80 bits per heavy atom. The predicted octanol–water partition coefficient (Wildman–Crippen LogP) is -1.05. The van der Waals surface area contributed by atoms with E-state index in [1.165, 1.54) is 0 Å². The number of fused-ring (bicyclic) bond motifs is 1. The molecule has 0 aromatic carbocycles. The van der Waals surface area contributed by atoms with Crippen molar-refractivity contribution in [2.24, 2.45) is 11.8 Å². The van der Waals surface area contributed by atoms with Crippen LogP contribution in [0, 0.1) is 11.8 Å². The molecule has 1 saturated carbocycles. The Bertz CT molecular complexity index is 120. The Morgan fingerprint density at radius 2 is 1.50 bits per heavy atom. The number of hydrogen-bond donors (Lipinski definition) is 3. The molecule has 0 aromatic heterocycles. The first-order valence-electron chi connectivity index (χ1n) is 3.84. The Morgan fingerprint density at radius 1 is 1.10 bits per heavy atom. The van der Waals surface area contributed by atoms with E-state index in [1.54, 1.807) is 0 Å². The maximum atomic E-state index is 8.91. The second kappa shape index (κ2) is 2.19. The highest BCUT2D eigenvalue weighted by Crippen LogP contribution is 2.40. The molecule has 3 nitrogen and oxygen atoms in total. The molecule has 0 radical (unpaired) electrons. The van der Waals surface area contributed by atoms with Gasteiger partial charge in [-0.15, -0.1) is 0 Å². The first-order chi connectivity index (χ1) is 4.86. The Hall–Kier alpha value is -0.120. The van der Waals surface area contributed by atoms with Crippen LogP contribution in [0.4, 0.5) is 0 Å². The average Bonchev–Trinajstić information content (AvgIpc) is 2.35. The molecule has 2 heterocycles. The molecule has 0 aromatic rings. The fraction of sp³-hybridized carbons (Fsp3) is 1.00. The lowest BCUT2D eigenvalue weighted by Crippen LogP contribution is -2.46. The lowest BCUT2D eigenvalue weighted by molar-refractivity contribution is 0.151. The third kappa shape index (κ3) is 0.654. The average molecular weight is 143 g/mol. The van der Waals surface area contributed by atoms with E-state index in [9.17, 15) is 0 Å². The van der Waals surface area contributed by atoms with Crippen molar-refractivity contribution in [2.75, 3.05) is 13.2 Å². The van der Waals surface area contributed by atoms with E-state index < -0.39 is 0 Å². The molecule has 0 spiro atoms. The standard InChI is InChI=1S/C7H13NO2/c9-2-4-5(3-10)7-1-6(4)8-7/h4-10H,1-3H2. The lowest BCUT2D eigenvalue weighted by atomic mass is 9.98. The molecule has 3 fully saturated rings. The van der Waals surface area contributed by atoms with Crippen LogP contribution in [-0.4, -0.2) is 35.5 Å². The zero-order chi connectivity index (χ0) is 7.14. The van der Waals surface area contributed by atoms with Gasteiger partial charge in [0.05, 0.1) is 0 Å². The molecule has 3 heteroatoms. The second-order valence-corrected chi connectivity index (χ2v) is 3.31. The first kappa shape index (κ1) is 6.58. The van der Waals surface area contributed by atoms with Crippen LogP contribution in [0.25, 0.3) is 0 Å². The number of hydrogen-bond acceptors (Lipinski definition) is 3. The van der Waals surface area contributed by atoms with Gasteiger partial charge in [0.1, 0.15) is 0 Å². The highest BCUT2D eigenvalue weighted by Gasteiger charge is 2.50. The van der Waals surface area contributed by atoms with Crippen molar-refractivity contribution in [3.8, 4) is 0 Å². The molecule has 2 saturated heterocycles. The summed E-state index contributed by atoms with van der Waals surface area (Å²) in [6, 6.07) is 0.985. The fourth-order valence-corrected chi connectivity index (χ4v) is 2.24. The van der Waals surface area contributed by atoms with Crippen molar-refractivity contribution < 1.29 is 10.2 Å². The molecule has 0 amide bonds. The van der Waals surface area contributed by atoms with Crippen LogP contribution in [0.5, 0.6) is 0 Å². The summed E-state index contributed by atoms with van der Waals surface area (Å²) in [5, 5.41) is 21.1. The molecular formula is C7H13NO2. The van der Waals surface area contributed by atoms with Gasteiger partial charge >= 0.3 is 0 Å². The van der Waals surface area contributed by atoms with Gasteiger partial charge in [0.2, 0.25) is 0 Å². The van der Waals surface area contributed by atoms with Gasteiger partial charge in [-0.3, -0.25) is 0 Å². The third-order valence-electron chi connectivity index (χ3n) is 2.94. The van der Waals surface area contributed by atoms with Gasteiger partial charge in [-0.2, -0.15) is 0 Å². The van der Waals surface area contributed by atoms with E-state index in [4.69, 9.17) is 10.2 Å². The molecule has 4 atom stereocenters. The van der Waals surface area contributed by atoms with Crippen LogP contribution >= 0.6 is 0 Å². The van der Waals surface area contributed by atoms with Crippen LogP contribution in [0.15, 0.2) is 0 Å². The minimum Gasteiger partial charge on any atom is -0.396 e. The lowest BCUT2D eigenvalue weighted by Gasteiger charge is -2.27. The SMILES string of the molecule is OCC1C2CC(N2)C1CO. The molecule has 3 rings (SSSR count). The smallest absolute Gasteiger partial charge is 0.0478 e. The van der Waals surface area contributed by atoms with Crippen LogP contribution in [0.1, 0.15) is 6.42 Å². The van der Waals surface area contributed by atoms with Crippen molar-refractivity contribution in [1.82, 2.24) is 5.32 Å². The van der Waals surface area contributed by atoms with E-state index in [2.05, 4.69) is 5.32 Å². The number of aliphatic hydroxyl groups is 2. The van der Waals surface area contributed by atoms with Crippen molar-refractivity contribution >= 4 is 0 Å². The molecule has 3 N–H and O–H groups in total. The van der Waals surface area contributed by atoms with Crippen molar-refractivity contribution in [2.45, 2.75) is 18.5 Å². The maximum Gasteiger partial charge on any atom is 0.0478 e. The summed E-state index contributed by atoms with van der Waals surface area (Å²) >= 11 is 0. The highest BCUT2D eigenvalue weighted by atomic mass is 16.3. The van der Waals surface area contributed by atoms with Crippen LogP contribution in [-0.2, 0) is 0 Å². The van der Waals surface area contributed by atoms with Gasteiger partial charge in [0.15, 0.2) is 0 Å². The highest BCUT2D eigenvalue weighted by molar-refractivity contribution is 5.07. The van der Waals surface area contributed by atoms with E-state index in [0.29, 0.717) is 23.9 Å². The maximum absolute atomic E-state index is 8.91. The summed E-state index contributed by atoms with van der Waals surface area (Å²) in [4.78, 5) is 0. The van der Waals surface area contributed by atoms with Crippen LogP contribution in [0.2, 0.25) is 0 Å². The number of rotatable bonds is 2. The van der Waals surface area contributed by atoms with E-state index >= 15 is 0 Å². The molecule has 4 unspecified atom stereocenters. The zero-order valence-corrected chi connectivity index (χ0v) is 5.83. The Labute approximate surface area is 60.1 Å². The van der Waals surface area contributed by atoms with E-state index in [-0.39, 0.29) is 13.2 Å². The topological polar surface area (TPSA) is 52.5 Å². The van der Waals surface area contributed by atoms with E-state index in [0.717, 1.165) is 6.42 Å². The van der Waals surface area contributed by atoms with Crippen molar-refractivity contribution in [3.05, 3.63) is 0 Å². The zero-order valence-electron chi connectivity index (χ0n) is 5.83. The largest absolute Gasteiger partial charge is 0.396 e. The summed E-state index contributed by atoms with van der Waals surface area (Å²) in [5.41, 5.74) is 0. The van der Waals surface area contributed by atoms with Gasteiger partial charge in [-0.25, -0.2) is 0 Å². The minimum absolute atomic E-state index is 0.222. The van der Waals surface area contributed by atoms with Crippen molar-refractivity contribution in [1.29, 1.82) is 0 Å². The van der Waals surface area contributed by atoms with Crippen molar-refractivity contribution in [3.63, 3.8) is 0 Å². The monoisotopic (exact) mass is 143 g/mol. The predicted molar refractivity (Wildman–Crippen MR) is 36.5 cm³/mol. The van der Waals surface area contributed by atoms with Crippen LogP contribution < -0.4 is 5.32 Å². The number of aliphatic hydroxyl groups excluding tert-OH is 2. The molecule has 58 valence electrons. The van der Waals surface area contributed by atoms with Gasteiger partial charge in [-0.05, 0) is 6.42 Å². The van der Waals surface area contributed by atoms with Gasteiger partial charge in [-0.1, -0.05) is 0 Å². The second-order valence-electron chi connectivity index (χ2n) is 3.31. The normalized spacial score (nSPS) is 51.0. The Balaban J connectivity index is 2.04. The third-order valence-corrected chi connectivity index (χ3v) is 2.94. The van der Waals surface area contributed by atoms with Gasteiger partial charge in [0.25, 0.3) is 0 Å². The van der Waals surface area contributed by atoms with E-state index in [1.807, 2.05) is 0 Å². The molecule has 3 aliphatic rings. The molecular weight excluding hydrogens is 130 g/mol. The quantitative estimate of drug-likeness (QED) is 0.462. The fourth-order valence-electron chi connectivity index (χ4n) is 2.24. The summed E-state index contributed by atoms with van der Waals surface area (Å²) in [6.07, 6.45) is 1.15. The summed E-state index contributed by atoms with van der Waals surface area (Å²) in [7, 11) is 0. The minimum atomic E-state index is 0.222. The molecule has 1 aliphatic carbocycles. The van der Waals surface area contributed by atoms with Gasteiger partial charge in [0, 0.05) is 37.1 Å². The molecule has 2 aliphatic heterocycles. The van der Waals surface area contributed by atoms with Gasteiger partial charge < -0.3 is 15.5 Å². The van der Waals surface area contributed by atoms with Crippen LogP contribution in [0.3, 0.4) is 0 Å².